The van der Waals surface area contributed by atoms with E-state index in [1.165, 1.54) is 0 Å². The largest absolute Gasteiger partial charge is 0.424 e. The van der Waals surface area contributed by atoms with Crippen LogP contribution in [-0.2, 0) is 0 Å². The second-order valence-electron chi connectivity index (χ2n) is 6.40. The number of aromatic nitrogens is 3. The average molecular weight is 432 g/mol. The highest BCUT2D eigenvalue weighted by Crippen LogP contribution is 2.27. The maximum Gasteiger partial charge on any atom is 0.331 e. The first-order chi connectivity index (χ1) is 16.1. The topological polar surface area (TPSA) is 138 Å². The molecule has 4 rings (SSSR count). The second kappa shape index (κ2) is 9.57. The van der Waals surface area contributed by atoms with E-state index in [4.69, 9.17) is 30.0 Å². The summed E-state index contributed by atoms with van der Waals surface area (Å²) in [6.07, 6.45) is 0. The molecule has 0 saturated heterocycles. The van der Waals surface area contributed by atoms with Crippen LogP contribution in [0.4, 0.5) is 0 Å². The van der Waals surface area contributed by atoms with Gasteiger partial charge in [-0.25, -0.2) is 0 Å². The molecule has 1 heterocycles. The molecule has 0 aliphatic carbocycles. The van der Waals surface area contributed by atoms with Crippen molar-refractivity contribution >= 4 is 0 Å². The number of nitrogens with zero attached hydrogens (tertiary/aromatic N) is 6. The van der Waals surface area contributed by atoms with Crippen molar-refractivity contribution in [1.82, 2.24) is 15.0 Å². The van der Waals surface area contributed by atoms with Gasteiger partial charge in [0.05, 0.1) is 34.9 Å². The lowest BCUT2D eigenvalue weighted by molar-refractivity contribution is 0.362. The predicted molar refractivity (Wildman–Crippen MR) is 114 cm³/mol. The minimum atomic E-state index is -0.0954. The molecule has 0 N–H and O–H groups in total. The van der Waals surface area contributed by atoms with Crippen LogP contribution in [0.5, 0.6) is 35.3 Å². The van der Waals surface area contributed by atoms with E-state index in [2.05, 4.69) is 15.0 Å². The molecule has 0 radical (unpaired) electrons. The third-order valence-electron chi connectivity index (χ3n) is 4.15. The van der Waals surface area contributed by atoms with Crippen LogP contribution in [0.3, 0.4) is 0 Å². The summed E-state index contributed by atoms with van der Waals surface area (Å²) < 4.78 is 17.1. The summed E-state index contributed by atoms with van der Waals surface area (Å²) in [6, 6.07) is 25.0. The van der Waals surface area contributed by atoms with Gasteiger partial charge in [-0.15, -0.1) is 15.0 Å². The summed E-state index contributed by atoms with van der Waals surface area (Å²) in [6.45, 7) is 0. The standard InChI is InChI=1S/C24H12N6O3/c25-13-16-1-7-19(8-2-16)31-22-28-23(32-20-9-3-17(14-26)4-10-20)30-24(29-22)33-21-11-5-18(15-27)6-12-21/h1-12H. The van der Waals surface area contributed by atoms with Crippen LogP contribution in [0.15, 0.2) is 72.8 Å². The Balaban J connectivity index is 1.63. The molecule has 0 aliphatic heterocycles. The van der Waals surface area contributed by atoms with Crippen LogP contribution in [-0.4, -0.2) is 15.0 Å². The third kappa shape index (κ3) is 5.37. The molecule has 1 aromatic heterocycles. The first-order valence-corrected chi connectivity index (χ1v) is 9.45. The fraction of sp³-hybridized carbons (Fsp3) is 0. The molecule has 9 nitrogen and oxygen atoms in total. The molecule has 0 saturated carbocycles. The summed E-state index contributed by atoms with van der Waals surface area (Å²) in [4.78, 5) is 12.5. The molecular weight excluding hydrogens is 420 g/mol. The Labute approximate surface area is 188 Å². The zero-order valence-corrected chi connectivity index (χ0v) is 16.8. The summed E-state index contributed by atoms with van der Waals surface area (Å²) >= 11 is 0. The lowest BCUT2D eigenvalue weighted by Crippen LogP contribution is -2.01. The zero-order chi connectivity index (χ0) is 23.0. The SMILES string of the molecule is N#Cc1ccc(Oc2nc(Oc3ccc(C#N)cc3)nc(Oc3ccc(C#N)cc3)n2)cc1. The summed E-state index contributed by atoms with van der Waals surface area (Å²) in [7, 11) is 0. The Morgan fingerprint density at radius 1 is 0.424 bits per heavy atom. The highest BCUT2D eigenvalue weighted by Gasteiger charge is 2.13. The van der Waals surface area contributed by atoms with Crippen LogP contribution in [0.2, 0.25) is 0 Å². The first kappa shape index (κ1) is 20.8. The van der Waals surface area contributed by atoms with E-state index < -0.39 is 0 Å². The quantitative estimate of drug-likeness (QED) is 0.418. The molecule has 33 heavy (non-hydrogen) atoms. The molecule has 0 fully saturated rings. The van der Waals surface area contributed by atoms with Gasteiger partial charge in [-0.1, -0.05) is 0 Å². The Morgan fingerprint density at radius 3 is 0.879 bits per heavy atom. The fourth-order valence-corrected chi connectivity index (χ4v) is 2.57. The molecule has 0 unspecified atom stereocenters. The summed E-state index contributed by atoms with van der Waals surface area (Å²) in [5.74, 6) is 1.19. The normalized spacial score (nSPS) is 9.73. The molecule has 0 atom stereocenters. The molecule has 0 spiro atoms. The van der Waals surface area contributed by atoms with Gasteiger partial charge in [-0.05, 0) is 72.8 Å². The number of hydrogen-bond acceptors (Lipinski definition) is 9. The van der Waals surface area contributed by atoms with E-state index in [0.29, 0.717) is 33.9 Å². The minimum absolute atomic E-state index is 0.0954. The van der Waals surface area contributed by atoms with E-state index in [0.717, 1.165) is 0 Å². The van der Waals surface area contributed by atoms with Crippen LogP contribution in [0, 0.1) is 34.0 Å². The molecule has 3 aromatic carbocycles. The van der Waals surface area contributed by atoms with Crippen molar-refractivity contribution in [2.75, 3.05) is 0 Å². The van der Waals surface area contributed by atoms with Crippen molar-refractivity contribution < 1.29 is 14.2 Å². The fourth-order valence-electron chi connectivity index (χ4n) is 2.57. The van der Waals surface area contributed by atoms with E-state index in [1.807, 2.05) is 18.2 Å². The van der Waals surface area contributed by atoms with Gasteiger partial charge in [-0.2, -0.15) is 15.8 Å². The molecule has 9 heteroatoms. The third-order valence-corrected chi connectivity index (χ3v) is 4.15. The van der Waals surface area contributed by atoms with Crippen molar-refractivity contribution in [2.24, 2.45) is 0 Å². The lowest BCUT2D eigenvalue weighted by Gasteiger charge is -2.09. The van der Waals surface area contributed by atoms with Crippen LogP contribution < -0.4 is 14.2 Å². The smallest absolute Gasteiger partial charge is 0.331 e. The van der Waals surface area contributed by atoms with Crippen molar-refractivity contribution in [1.29, 1.82) is 15.8 Å². The van der Waals surface area contributed by atoms with E-state index >= 15 is 0 Å². The van der Waals surface area contributed by atoms with Crippen molar-refractivity contribution in [3.05, 3.63) is 89.5 Å². The maximum atomic E-state index is 8.94. The Hall–Kier alpha value is -5.46. The number of ether oxygens (including phenoxy) is 3. The van der Waals surface area contributed by atoms with E-state index in [9.17, 15) is 0 Å². The molecule has 0 bridgehead atoms. The number of rotatable bonds is 6. The molecule has 4 aromatic rings. The van der Waals surface area contributed by atoms with E-state index in [1.54, 1.807) is 72.8 Å². The zero-order valence-electron chi connectivity index (χ0n) is 16.8. The molecule has 0 aliphatic rings. The second-order valence-corrected chi connectivity index (χ2v) is 6.40. The van der Waals surface area contributed by atoms with Crippen LogP contribution in [0.1, 0.15) is 16.7 Å². The lowest BCUT2D eigenvalue weighted by atomic mass is 10.2. The molecular formula is C24H12N6O3. The van der Waals surface area contributed by atoms with Gasteiger partial charge in [-0.3, -0.25) is 0 Å². The van der Waals surface area contributed by atoms with Gasteiger partial charge in [0.2, 0.25) is 0 Å². The number of nitriles is 3. The van der Waals surface area contributed by atoms with Gasteiger partial charge in [0, 0.05) is 0 Å². The minimum Gasteiger partial charge on any atom is -0.424 e. The van der Waals surface area contributed by atoms with Gasteiger partial charge in [0.1, 0.15) is 17.2 Å². The van der Waals surface area contributed by atoms with Gasteiger partial charge < -0.3 is 14.2 Å². The van der Waals surface area contributed by atoms with Crippen molar-refractivity contribution in [2.45, 2.75) is 0 Å². The predicted octanol–water partition coefficient (Wildman–Crippen LogP) is 4.86. The monoisotopic (exact) mass is 432 g/mol. The van der Waals surface area contributed by atoms with Crippen molar-refractivity contribution in [3.8, 4) is 53.5 Å². The van der Waals surface area contributed by atoms with E-state index in [-0.39, 0.29) is 18.0 Å². The maximum absolute atomic E-state index is 8.94. The highest BCUT2D eigenvalue weighted by molar-refractivity contribution is 5.38. The van der Waals surface area contributed by atoms with Crippen LogP contribution >= 0.6 is 0 Å². The highest BCUT2D eigenvalue weighted by atomic mass is 16.5. The van der Waals surface area contributed by atoms with Crippen LogP contribution in [0.25, 0.3) is 0 Å². The van der Waals surface area contributed by atoms with Gasteiger partial charge >= 0.3 is 18.0 Å². The molecule has 156 valence electrons. The average Bonchev–Trinajstić information content (AvgIpc) is 2.85. The Morgan fingerprint density at radius 2 is 0.667 bits per heavy atom. The first-order valence-electron chi connectivity index (χ1n) is 9.45. The molecule has 0 amide bonds. The number of hydrogen-bond donors (Lipinski definition) is 0. The van der Waals surface area contributed by atoms with Gasteiger partial charge in [0.15, 0.2) is 0 Å². The summed E-state index contributed by atoms with van der Waals surface area (Å²) in [5.41, 5.74) is 1.44. The number of benzene rings is 3. The Kier molecular flexibility index (Phi) is 6.03. The van der Waals surface area contributed by atoms with Gasteiger partial charge in [0.25, 0.3) is 0 Å². The summed E-state index contributed by atoms with van der Waals surface area (Å²) in [5, 5.41) is 26.8. The van der Waals surface area contributed by atoms with Crippen molar-refractivity contribution in [3.63, 3.8) is 0 Å². The Bertz CT molecular complexity index is 1210.